The van der Waals surface area contributed by atoms with E-state index in [1.807, 2.05) is 37.3 Å². The molecule has 1 aromatic heterocycles. The van der Waals surface area contributed by atoms with E-state index in [4.69, 9.17) is 9.02 Å². The normalized spacial score (nSPS) is 13.0. The van der Waals surface area contributed by atoms with Gasteiger partial charge in [0.1, 0.15) is 6.61 Å². The van der Waals surface area contributed by atoms with Gasteiger partial charge in [-0.15, -0.1) is 0 Å². The first-order chi connectivity index (χ1) is 15.0. The average Bonchev–Trinajstić information content (AvgIpc) is 2.77. The van der Waals surface area contributed by atoms with E-state index in [-0.39, 0.29) is 11.5 Å². The van der Waals surface area contributed by atoms with Crippen molar-refractivity contribution in [1.82, 2.24) is 4.98 Å². The summed E-state index contributed by atoms with van der Waals surface area (Å²) in [5.74, 6) is 0. The Kier molecular flexibility index (Phi) is 8.14. The quantitative estimate of drug-likeness (QED) is 0.176. The molecule has 1 unspecified atom stereocenters. The molecule has 0 aliphatic carbocycles. The lowest BCUT2D eigenvalue weighted by atomic mass is 10.1. The van der Waals surface area contributed by atoms with Gasteiger partial charge in [0.25, 0.3) is 10.1 Å². The summed E-state index contributed by atoms with van der Waals surface area (Å²) in [5, 5.41) is 5.13. The maximum Gasteiger partial charge on any atom is 0.297 e. The second-order valence-electron chi connectivity index (χ2n) is 7.43. The van der Waals surface area contributed by atoms with Gasteiger partial charge >= 0.3 is 0 Å². The number of unbranched alkanes of at least 4 members (excludes halogenated alkanes) is 2. The monoisotopic (exact) mass is 440 g/mol. The highest BCUT2D eigenvalue weighted by molar-refractivity contribution is 7.86. The lowest BCUT2D eigenvalue weighted by Gasteiger charge is -2.15. The maximum absolute atomic E-state index is 12.5. The predicted molar refractivity (Wildman–Crippen MR) is 123 cm³/mol. The van der Waals surface area contributed by atoms with Gasteiger partial charge in [0.15, 0.2) is 6.10 Å². The summed E-state index contributed by atoms with van der Waals surface area (Å²) in [4.78, 5) is 10.2. The molecule has 3 aromatic rings. The van der Waals surface area contributed by atoms with E-state index in [1.165, 1.54) is 0 Å². The minimum absolute atomic E-state index is 0.0922. The molecule has 0 N–H and O–H groups in total. The van der Waals surface area contributed by atoms with Crippen LogP contribution in [0.4, 0.5) is 0 Å². The molecular weight excluding hydrogens is 412 g/mol. The lowest BCUT2D eigenvalue weighted by molar-refractivity contribution is 0.0200. The zero-order valence-corrected chi connectivity index (χ0v) is 18.7. The van der Waals surface area contributed by atoms with E-state index >= 15 is 0 Å². The number of rotatable bonds is 11. The fourth-order valence-electron chi connectivity index (χ4n) is 3.13. The van der Waals surface area contributed by atoms with Crippen LogP contribution in [0.2, 0.25) is 0 Å². The smallest absolute Gasteiger partial charge is 0.297 e. The molecule has 3 rings (SSSR count). The number of hydrogen-bond donors (Lipinski definition) is 0. The highest BCUT2D eigenvalue weighted by atomic mass is 32.2. The van der Waals surface area contributed by atoms with Gasteiger partial charge in [-0.3, -0.25) is 9.17 Å². The molecule has 0 saturated heterocycles. The Hall–Kier alpha value is -2.77. The molecule has 0 aliphatic rings. The highest BCUT2D eigenvalue weighted by Crippen LogP contribution is 2.17. The zero-order valence-electron chi connectivity index (χ0n) is 17.9. The molecule has 0 bridgehead atoms. The molecule has 164 valence electrons. The molecule has 1 atom stereocenters. The van der Waals surface area contributed by atoms with Gasteiger partial charge in [0.2, 0.25) is 0 Å². The van der Waals surface area contributed by atoms with Crippen molar-refractivity contribution < 1.29 is 17.4 Å². The number of hydrogen-bond acceptors (Lipinski definition) is 6. The number of pyridine rings is 1. The van der Waals surface area contributed by atoms with E-state index in [0.717, 1.165) is 41.3 Å². The second-order valence-corrected chi connectivity index (χ2v) is 9.05. The second kappa shape index (κ2) is 11.0. The van der Waals surface area contributed by atoms with Crippen LogP contribution in [0.1, 0.15) is 43.7 Å². The molecule has 0 radical (unpaired) electrons. The summed E-state index contributed by atoms with van der Waals surface area (Å²) >= 11 is 0. The third-order valence-electron chi connectivity index (χ3n) is 4.91. The minimum atomic E-state index is -3.85. The number of nitrogens with zero attached hydrogens (tertiary/aromatic N) is 2. The summed E-state index contributed by atoms with van der Waals surface area (Å²) in [6, 6.07) is 16.3. The molecule has 0 spiro atoms. The van der Waals surface area contributed by atoms with Crippen molar-refractivity contribution in [1.29, 1.82) is 0 Å². The van der Waals surface area contributed by atoms with Crippen LogP contribution in [0.5, 0.6) is 0 Å². The van der Waals surface area contributed by atoms with Gasteiger partial charge in [-0.2, -0.15) is 8.42 Å². The Morgan fingerprint density at radius 2 is 1.84 bits per heavy atom. The molecule has 2 aromatic carbocycles. The Bertz CT molecular complexity index is 1110. The SMILES string of the molecule is CCCCCC(COS(=O)(=O)c1ccc(C)cc1)O/N=C/c1cccc2cccnc12. The summed E-state index contributed by atoms with van der Waals surface area (Å²) < 4.78 is 30.3. The summed E-state index contributed by atoms with van der Waals surface area (Å²) in [5.41, 5.74) is 2.65. The molecule has 7 heteroatoms. The maximum atomic E-state index is 12.5. The Morgan fingerprint density at radius 1 is 1.06 bits per heavy atom. The molecular formula is C24H28N2O4S. The van der Waals surface area contributed by atoms with Crippen LogP contribution in [0.3, 0.4) is 0 Å². The van der Waals surface area contributed by atoms with Gasteiger partial charge in [-0.05, 0) is 38.0 Å². The topological polar surface area (TPSA) is 77.9 Å². The Morgan fingerprint density at radius 3 is 2.61 bits per heavy atom. The number of fused-ring (bicyclic) bond motifs is 1. The van der Waals surface area contributed by atoms with Crippen molar-refractivity contribution in [2.75, 3.05) is 6.61 Å². The van der Waals surface area contributed by atoms with Gasteiger partial charge < -0.3 is 4.84 Å². The Balaban J connectivity index is 1.67. The van der Waals surface area contributed by atoms with Crippen molar-refractivity contribution >= 4 is 27.2 Å². The van der Waals surface area contributed by atoms with Gasteiger partial charge in [-0.1, -0.05) is 66.9 Å². The van der Waals surface area contributed by atoms with Crippen molar-refractivity contribution in [3.63, 3.8) is 0 Å². The molecule has 0 amide bonds. The van der Waals surface area contributed by atoms with E-state index in [1.54, 1.807) is 36.7 Å². The lowest BCUT2D eigenvalue weighted by Crippen LogP contribution is -2.21. The van der Waals surface area contributed by atoms with E-state index < -0.39 is 16.2 Å². The Labute approximate surface area is 184 Å². The number of oxime groups is 1. The fraction of sp³-hybridized carbons (Fsp3) is 0.333. The molecule has 6 nitrogen and oxygen atoms in total. The first-order valence-electron chi connectivity index (χ1n) is 10.5. The van der Waals surface area contributed by atoms with Gasteiger partial charge in [-0.25, -0.2) is 0 Å². The van der Waals surface area contributed by atoms with Crippen molar-refractivity contribution in [3.05, 3.63) is 71.9 Å². The van der Waals surface area contributed by atoms with E-state index in [2.05, 4.69) is 17.1 Å². The molecule has 0 aliphatic heterocycles. The first kappa shape index (κ1) is 22.9. The molecule has 0 fully saturated rings. The van der Waals surface area contributed by atoms with Crippen LogP contribution in [-0.2, 0) is 19.1 Å². The minimum Gasteiger partial charge on any atom is -0.390 e. The largest absolute Gasteiger partial charge is 0.390 e. The highest BCUT2D eigenvalue weighted by Gasteiger charge is 2.19. The fourth-order valence-corrected chi connectivity index (χ4v) is 4.07. The standard InChI is InChI=1S/C24H28N2O4S/c1-3-4-5-11-22(18-29-31(27,28)23-14-12-19(2)13-15-23)30-26-17-21-9-6-8-20-10-7-16-25-24(20)21/h6-10,12-17,22H,3-5,11,18H2,1-2H3/b26-17+. The van der Waals surface area contributed by atoms with E-state index in [9.17, 15) is 8.42 Å². The van der Waals surface area contributed by atoms with Crippen molar-refractivity contribution in [2.45, 2.75) is 50.5 Å². The number of aromatic nitrogens is 1. The van der Waals surface area contributed by atoms with Crippen LogP contribution in [0, 0.1) is 6.92 Å². The predicted octanol–water partition coefficient (Wildman–Crippen LogP) is 5.25. The van der Waals surface area contributed by atoms with Crippen LogP contribution in [0.25, 0.3) is 10.9 Å². The third-order valence-corrected chi connectivity index (χ3v) is 6.21. The van der Waals surface area contributed by atoms with Gasteiger partial charge in [0.05, 0.1) is 16.6 Å². The molecule has 1 heterocycles. The van der Waals surface area contributed by atoms with Crippen LogP contribution in [-0.4, -0.2) is 32.3 Å². The third kappa shape index (κ3) is 6.60. The summed E-state index contributed by atoms with van der Waals surface area (Å²) in [7, 11) is -3.85. The zero-order chi connectivity index (χ0) is 22.1. The van der Waals surface area contributed by atoms with Crippen LogP contribution in [0.15, 0.2) is 70.8 Å². The summed E-state index contributed by atoms with van der Waals surface area (Å²) in [6.45, 7) is 3.92. The van der Waals surface area contributed by atoms with Crippen LogP contribution < -0.4 is 0 Å². The van der Waals surface area contributed by atoms with Gasteiger partial charge in [0, 0.05) is 17.1 Å². The van der Waals surface area contributed by atoms with E-state index in [0.29, 0.717) is 6.42 Å². The van der Waals surface area contributed by atoms with Crippen molar-refractivity contribution in [2.24, 2.45) is 5.16 Å². The first-order valence-corrected chi connectivity index (χ1v) is 11.9. The number of benzene rings is 2. The number of aryl methyl sites for hydroxylation is 1. The number of para-hydroxylation sites is 1. The average molecular weight is 441 g/mol. The van der Waals surface area contributed by atoms with Crippen LogP contribution >= 0.6 is 0 Å². The van der Waals surface area contributed by atoms with Crippen molar-refractivity contribution in [3.8, 4) is 0 Å². The summed E-state index contributed by atoms with van der Waals surface area (Å²) in [6.07, 6.45) is 6.52. The molecule has 31 heavy (non-hydrogen) atoms. The molecule has 0 saturated carbocycles.